The lowest BCUT2D eigenvalue weighted by molar-refractivity contribution is 1.43. The smallest absolute Gasteiger partial charge is 0.0632 e. The molecule has 1 N–H and O–H groups in total. The lowest BCUT2D eigenvalue weighted by Crippen LogP contribution is -1.85. The molecular formula is C16H16N2. The Morgan fingerprint density at radius 1 is 1.00 bits per heavy atom. The predicted molar refractivity (Wildman–Crippen MR) is 78.5 cm³/mol. The van der Waals surface area contributed by atoms with Crippen molar-refractivity contribution in [3.8, 4) is 0 Å². The van der Waals surface area contributed by atoms with Crippen molar-refractivity contribution in [1.82, 2.24) is 0 Å². The summed E-state index contributed by atoms with van der Waals surface area (Å²) in [5, 5.41) is 3.17. The summed E-state index contributed by atoms with van der Waals surface area (Å²) in [6.45, 7) is 2.06. The van der Waals surface area contributed by atoms with Gasteiger partial charge in [0.05, 0.1) is 5.69 Å². The Labute approximate surface area is 108 Å². The Balaban J connectivity index is 1.88. The summed E-state index contributed by atoms with van der Waals surface area (Å²) in [6, 6.07) is 18.1. The van der Waals surface area contributed by atoms with E-state index in [1.54, 1.807) is 6.21 Å². The number of hydrogen-bond donors (Lipinski definition) is 1. The zero-order valence-electron chi connectivity index (χ0n) is 10.4. The summed E-state index contributed by atoms with van der Waals surface area (Å²) >= 11 is 0. The van der Waals surface area contributed by atoms with Crippen LogP contribution >= 0.6 is 0 Å². The first-order valence-corrected chi connectivity index (χ1v) is 5.92. The van der Waals surface area contributed by atoms with Crippen LogP contribution in [0.2, 0.25) is 0 Å². The number of allylic oxidation sites excluding steroid dienone is 1. The van der Waals surface area contributed by atoms with E-state index in [0.717, 1.165) is 11.4 Å². The number of hydrogen-bond acceptors (Lipinski definition) is 2. The van der Waals surface area contributed by atoms with Gasteiger partial charge in [-0.05, 0) is 42.8 Å². The molecule has 0 aliphatic rings. The topological polar surface area (TPSA) is 24.4 Å². The van der Waals surface area contributed by atoms with Gasteiger partial charge in [0.15, 0.2) is 0 Å². The standard InChI is InChI=1S/C16H16N2/c1-14-7-5-10-16(13-14)18-12-6-11-17-15-8-3-2-4-9-15/h2-13,17H,1H3/b11-6+,18-12+. The highest BCUT2D eigenvalue weighted by atomic mass is 14.8. The normalized spacial score (nSPS) is 11.2. The largest absolute Gasteiger partial charge is 0.362 e. The number of rotatable bonds is 4. The first-order chi connectivity index (χ1) is 8.84. The number of nitrogens with zero attached hydrogens (tertiary/aromatic N) is 1. The fourth-order valence-corrected chi connectivity index (χ4v) is 1.56. The molecule has 2 nitrogen and oxygen atoms in total. The number of nitrogens with one attached hydrogen (secondary N) is 1. The van der Waals surface area contributed by atoms with Gasteiger partial charge in [-0.3, -0.25) is 4.99 Å². The Morgan fingerprint density at radius 2 is 1.83 bits per heavy atom. The van der Waals surface area contributed by atoms with Crippen molar-refractivity contribution in [3.63, 3.8) is 0 Å². The summed E-state index contributed by atoms with van der Waals surface area (Å²) in [7, 11) is 0. The average Bonchev–Trinajstić information content (AvgIpc) is 2.40. The fourth-order valence-electron chi connectivity index (χ4n) is 1.56. The molecule has 18 heavy (non-hydrogen) atoms. The third kappa shape index (κ3) is 3.91. The molecule has 0 aliphatic carbocycles. The van der Waals surface area contributed by atoms with E-state index in [2.05, 4.69) is 29.4 Å². The molecule has 2 heteroatoms. The van der Waals surface area contributed by atoms with Crippen molar-refractivity contribution in [3.05, 3.63) is 72.4 Å². The van der Waals surface area contributed by atoms with Crippen LogP contribution in [0.3, 0.4) is 0 Å². The van der Waals surface area contributed by atoms with Crippen molar-refractivity contribution in [1.29, 1.82) is 0 Å². The van der Waals surface area contributed by atoms with Gasteiger partial charge in [0.25, 0.3) is 0 Å². The van der Waals surface area contributed by atoms with Crippen LogP contribution in [0, 0.1) is 6.92 Å². The van der Waals surface area contributed by atoms with Gasteiger partial charge >= 0.3 is 0 Å². The van der Waals surface area contributed by atoms with Crippen molar-refractivity contribution in [2.75, 3.05) is 5.32 Å². The molecular weight excluding hydrogens is 220 g/mol. The van der Waals surface area contributed by atoms with Crippen LogP contribution in [-0.2, 0) is 0 Å². The highest BCUT2D eigenvalue weighted by Gasteiger charge is 1.86. The molecule has 0 amide bonds. The van der Waals surface area contributed by atoms with Crippen LogP contribution in [0.25, 0.3) is 0 Å². The summed E-state index contributed by atoms with van der Waals surface area (Å²) in [5.41, 5.74) is 3.26. The first kappa shape index (κ1) is 12.1. The van der Waals surface area contributed by atoms with Crippen LogP contribution in [0.1, 0.15) is 5.56 Å². The molecule has 0 saturated heterocycles. The van der Waals surface area contributed by atoms with E-state index >= 15 is 0 Å². The van der Waals surface area contributed by atoms with Crippen molar-refractivity contribution >= 4 is 17.6 Å². The van der Waals surface area contributed by atoms with Crippen LogP contribution in [-0.4, -0.2) is 6.21 Å². The Kier molecular flexibility index (Phi) is 4.31. The van der Waals surface area contributed by atoms with Crippen molar-refractivity contribution in [2.24, 2.45) is 4.99 Å². The zero-order chi connectivity index (χ0) is 12.6. The van der Waals surface area contributed by atoms with Crippen LogP contribution in [0.4, 0.5) is 11.4 Å². The molecule has 0 spiro atoms. The molecule has 0 aliphatic heterocycles. The van der Waals surface area contributed by atoms with Crippen LogP contribution < -0.4 is 5.32 Å². The highest BCUT2D eigenvalue weighted by Crippen LogP contribution is 2.12. The molecule has 2 aromatic carbocycles. The summed E-state index contributed by atoms with van der Waals surface area (Å²) in [4.78, 5) is 4.35. The van der Waals surface area contributed by atoms with Gasteiger partial charge in [0, 0.05) is 18.1 Å². The molecule has 0 saturated carbocycles. The van der Waals surface area contributed by atoms with E-state index in [4.69, 9.17) is 0 Å². The van der Waals surface area contributed by atoms with E-state index < -0.39 is 0 Å². The van der Waals surface area contributed by atoms with Gasteiger partial charge in [-0.1, -0.05) is 30.3 Å². The maximum atomic E-state index is 4.35. The van der Waals surface area contributed by atoms with Crippen LogP contribution in [0.5, 0.6) is 0 Å². The van der Waals surface area contributed by atoms with Gasteiger partial charge in [-0.2, -0.15) is 0 Å². The third-order valence-corrected chi connectivity index (χ3v) is 2.43. The minimum Gasteiger partial charge on any atom is -0.362 e. The molecule has 90 valence electrons. The molecule has 2 aromatic rings. The lowest BCUT2D eigenvalue weighted by Gasteiger charge is -1.97. The Bertz CT molecular complexity index is 542. The number of anilines is 1. The number of aryl methyl sites for hydroxylation is 1. The molecule has 0 heterocycles. The van der Waals surface area contributed by atoms with E-state index in [9.17, 15) is 0 Å². The SMILES string of the molecule is Cc1cccc(/N=C/C=C/Nc2ccccc2)c1. The monoisotopic (exact) mass is 236 g/mol. The maximum Gasteiger partial charge on any atom is 0.0632 e. The lowest BCUT2D eigenvalue weighted by atomic mass is 10.2. The first-order valence-electron chi connectivity index (χ1n) is 5.92. The second-order valence-electron chi connectivity index (χ2n) is 3.99. The second-order valence-corrected chi connectivity index (χ2v) is 3.99. The van der Waals surface area contributed by atoms with Crippen LogP contribution in [0.15, 0.2) is 71.9 Å². The molecule has 2 rings (SSSR count). The summed E-state index contributed by atoms with van der Waals surface area (Å²) in [5.74, 6) is 0. The number of para-hydroxylation sites is 1. The molecule has 0 atom stereocenters. The van der Waals surface area contributed by atoms with Gasteiger partial charge in [-0.25, -0.2) is 0 Å². The van der Waals surface area contributed by atoms with E-state index in [1.165, 1.54) is 5.56 Å². The molecule has 0 radical (unpaired) electrons. The minimum atomic E-state index is 0.972. The van der Waals surface area contributed by atoms with E-state index in [0.29, 0.717) is 0 Å². The Morgan fingerprint density at radius 3 is 2.61 bits per heavy atom. The van der Waals surface area contributed by atoms with Gasteiger partial charge < -0.3 is 5.32 Å². The number of aliphatic imine (C=N–C) groups is 1. The zero-order valence-corrected chi connectivity index (χ0v) is 10.4. The van der Waals surface area contributed by atoms with Crippen molar-refractivity contribution in [2.45, 2.75) is 6.92 Å². The molecule has 0 fully saturated rings. The molecule has 0 unspecified atom stereocenters. The second kappa shape index (κ2) is 6.40. The van der Waals surface area contributed by atoms with Gasteiger partial charge in [0.2, 0.25) is 0 Å². The van der Waals surface area contributed by atoms with E-state index in [-0.39, 0.29) is 0 Å². The quantitative estimate of drug-likeness (QED) is 0.785. The number of benzene rings is 2. The average molecular weight is 236 g/mol. The minimum absolute atomic E-state index is 0.972. The highest BCUT2D eigenvalue weighted by molar-refractivity contribution is 5.75. The predicted octanol–water partition coefficient (Wildman–Crippen LogP) is 4.32. The summed E-state index contributed by atoms with van der Waals surface area (Å²) in [6.07, 6.45) is 5.54. The fraction of sp³-hybridized carbons (Fsp3) is 0.0625. The summed E-state index contributed by atoms with van der Waals surface area (Å²) < 4.78 is 0. The molecule has 0 aromatic heterocycles. The maximum absolute atomic E-state index is 4.35. The van der Waals surface area contributed by atoms with Gasteiger partial charge in [0.1, 0.15) is 0 Å². The van der Waals surface area contributed by atoms with E-state index in [1.807, 2.05) is 54.7 Å². The molecule has 0 bridgehead atoms. The van der Waals surface area contributed by atoms with Gasteiger partial charge in [-0.15, -0.1) is 0 Å². The Hall–Kier alpha value is -2.35. The van der Waals surface area contributed by atoms with Crippen molar-refractivity contribution < 1.29 is 0 Å². The third-order valence-electron chi connectivity index (χ3n) is 2.43.